The Morgan fingerprint density at radius 1 is 0.978 bits per heavy atom. The van der Waals surface area contributed by atoms with E-state index >= 15 is 0 Å². The third-order valence-corrected chi connectivity index (χ3v) is 8.34. The molecule has 7 nitrogen and oxygen atoms in total. The van der Waals surface area contributed by atoms with Crippen molar-refractivity contribution < 1.29 is 19.0 Å². The van der Waals surface area contributed by atoms with Gasteiger partial charge in [-0.05, 0) is 111 Å². The molecule has 0 aliphatic carbocycles. The van der Waals surface area contributed by atoms with Gasteiger partial charge in [0.25, 0.3) is 5.91 Å². The highest BCUT2D eigenvalue weighted by atomic mass is 19.1. The Bertz CT molecular complexity index is 1840. The van der Waals surface area contributed by atoms with Gasteiger partial charge in [0.05, 0.1) is 30.1 Å². The van der Waals surface area contributed by atoms with Crippen molar-refractivity contribution in [2.24, 2.45) is 4.99 Å². The molecule has 230 valence electrons. The summed E-state index contributed by atoms with van der Waals surface area (Å²) < 4.78 is 19.3. The highest BCUT2D eigenvalue weighted by molar-refractivity contribution is 6.22. The first-order chi connectivity index (χ1) is 21.9. The van der Waals surface area contributed by atoms with E-state index in [9.17, 15) is 14.3 Å². The molecule has 1 aliphatic rings. The lowest BCUT2D eigenvalue weighted by Gasteiger charge is -2.26. The van der Waals surface area contributed by atoms with E-state index in [0.717, 1.165) is 36.4 Å². The summed E-state index contributed by atoms with van der Waals surface area (Å²) in [5.74, 6) is 0.00499. The van der Waals surface area contributed by atoms with Crippen molar-refractivity contribution in [2.45, 2.75) is 38.8 Å². The van der Waals surface area contributed by atoms with Crippen LogP contribution < -0.4 is 10.1 Å². The maximum absolute atomic E-state index is 14.0. The second-order valence-electron chi connectivity index (χ2n) is 11.6. The summed E-state index contributed by atoms with van der Waals surface area (Å²) >= 11 is 0. The maximum atomic E-state index is 14.0. The van der Waals surface area contributed by atoms with Gasteiger partial charge in [0, 0.05) is 28.6 Å². The minimum atomic E-state index is -0.367. The van der Waals surface area contributed by atoms with Crippen LogP contribution in [0.15, 0.2) is 96.0 Å². The quantitative estimate of drug-likeness (QED) is 0.151. The summed E-state index contributed by atoms with van der Waals surface area (Å²) in [6.45, 7) is 4.94. The number of amides is 1. The van der Waals surface area contributed by atoms with E-state index in [4.69, 9.17) is 9.73 Å². The van der Waals surface area contributed by atoms with Crippen LogP contribution in [0.4, 0.5) is 10.1 Å². The average Bonchev–Trinajstić information content (AvgIpc) is 3.39. The lowest BCUT2D eigenvalue weighted by Crippen LogP contribution is -2.28. The number of aliphatic imine (C=N–C) groups is 1. The molecule has 4 aromatic carbocycles. The van der Waals surface area contributed by atoms with Gasteiger partial charge >= 0.3 is 0 Å². The van der Waals surface area contributed by atoms with Crippen LogP contribution in [0.1, 0.15) is 64.8 Å². The van der Waals surface area contributed by atoms with E-state index < -0.39 is 0 Å². The Morgan fingerprint density at radius 3 is 2.51 bits per heavy atom. The fourth-order valence-corrected chi connectivity index (χ4v) is 5.93. The number of halogens is 1. The van der Waals surface area contributed by atoms with Crippen LogP contribution in [0.2, 0.25) is 0 Å². The van der Waals surface area contributed by atoms with E-state index in [-0.39, 0.29) is 23.6 Å². The SMILES string of the molecule is COc1cccc([C@@H](C)NC(=O)c2ccc3[nH]c(O)c(C(=Nc4cccc(CN5CCCCC5)c4)c4ccc(F)cc4)c3c2)c1. The number of nitrogens with zero attached hydrogens (tertiary/aromatic N) is 2. The Balaban J connectivity index is 1.37. The van der Waals surface area contributed by atoms with E-state index in [1.165, 1.54) is 31.4 Å². The molecule has 0 spiro atoms. The standard InChI is InChI=1S/C37H37FN4O3/c1-24(27-9-7-11-31(21-27)45-2)39-36(43)28-14-17-33-32(22-28)34(37(44)41-33)35(26-12-15-29(38)16-13-26)40-30-10-6-8-25(20-30)23-42-18-4-3-5-19-42/h6-17,20-22,24,41,44H,3-5,18-19,23H2,1-2H3,(H,39,43)/t24-/m1/s1. The zero-order valence-electron chi connectivity index (χ0n) is 25.5. The number of likely N-dealkylation sites (tertiary alicyclic amines) is 1. The second kappa shape index (κ2) is 13.4. The number of methoxy groups -OCH3 is 1. The normalized spacial score (nSPS) is 14.8. The van der Waals surface area contributed by atoms with Crippen LogP contribution >= 0.6 is 0 Å². The highest BCUT2D eigenvalue weighted by Gasteiger charge is 2.21. The van der Waals surface area contributed by atoms with Crippen molar-refractivity contribution in [1.82, 2.24) is 15.2 Å². The van der Waals surface area contributed by atoms with Crippen LogP contribution in [-0.2, 0) is 6.54 Å². The van der Waals surface area contributed by atoms with Crippen molar-refractivity contribution in [3.63, 3.8) is 0 Å². The van der Waals surface area contributed by atoms with Gasteiger partial charge < -0.3 is 20.1 Å². The van der Waals surface area contributed by atoms with E-state index in [1.807, 2.05) is 43.3 Å². The van der Waals surface area contributed by atoms with Crippen molar-refractivity contribution in [1.29, 1.82) is 0 Å². The summed E-state index contributed by atoms with van der Waals surface area (Å²) in [5, 5.41) is 14.9. The van der Waals surface area contributed by atoms with Crippen LogP contribution in [0.25, 0.3) is 10.9 Å². The van der Waals surface area contributed by atoms with Crippen LogP contribution in [0, 0.1) is 5.82 Å². The minimum Gasteiger partial charge on any atom is -0.497 e. The molecule has 1 amide bonds. The van der Waals surface area contributed by atoms with Crippen LogP contribution in [0.3, 0.4) is 0 Å². The molecule has 1 aromatic heterocycles. The zero-order valence-corrected chi connectivity index (χ0v) is 25.5. The van der Waals surface area contributed by atoms with Crippen molar-refractivity contribution >= 4 is 28.2 Å². The number of ether oxygens (including phenoxy) is 1. The molecule has 5 aromatic rings. The Labute approximate surface area is 262 Å². The Hall–Kier alpha value is -4.95. The monoisotopic (exact) mass is 604 g/mol. The molecule has 1 fully saturated rings. The first kappa shape index (κ1) is 30.1. The number of aromatic amines is 1. The molecule has 1 atom stereocenters. The minimum absolute atomic E-state index is 0.0835. The molecular weight excluding hydrogens is 567 g/mol. The molecule has 1 aliphatic heterocycles. The zero-order chi connectivity index (χ0) is 31.3. The van der Waals surface area contributed by atoms with Gasteiger partial charge in [0.1, 0.15) is 11.6 Å². The van der Waals surface area contributed by atoms with Gasteiger partial charge in [-0.3, -0.25) is 9.69 Å². The van der Waals surface area contributed by atoms with E-state index in [1.54, 1.807) is 37.4 Å². The molecule has 0 saturated carbocycles. The summed E-state index contributed by atoms with van der Waals surface area (Å²) in [6.07, 6.45) is 3.71. The number of aromatic hydroxyl groups is 1. The molecule has 6 rings (SSSR count). The molecule has 45 heavy (non-hydrogen) atoms. The predicted molar refractivity (Wildman–Crippen MR) is 176 cm³/mol. The number of benzene rings is 4. The number of piperidine rings is 1. The summed E-state index contributed by atoms with van der Waals surface area (Å²) in [5.41, 5.74) is 5.41. The maximum Gasteiger partial charge on any atom is 0.251 e. The Morgan fingerprint density at radius 2 is 1.73 bits per heavy atom. The van der Waals surface area contributed by atoms with Crippen LogP contribution in [-0.4, -0.2) is 46.8 Å². The fraction of sp³-hybridized carbons (Fsp3) is 0.243. The number of fused-ring (bicyclic) bond motifs is 1. The third-order valence-electron chi connectivity index (χ3n) is 8.34. The lowest BCUT2D eigenvalue weighted by molar-refractivity contribution is 0.0940. The number of nitrogens with one attached hydrogen (secondary N) is 2. The van der Waals surface area contributed by atoms with Crippen molar-refractivity contribution in [2.75, 3.05) is 20.2 Å². The summed E-state index contributed by atoms with van der Waals surface area (Å²) in [4.78, 5) is 23.9. The number of hydrogen-bond donors (Lipinski definition) is 3. The molecule has 8 heteroatoms. The fourth-order valence-electron chi connectivity index (χ4n) is 5.93. The average molecular weight is 605 g/mol. The third kappa shape index (κ3) is 6.91. The van der Waals surface area contributed by atoms with Crippen molar-refractivity contribution in [3.05, 3.63) is 125 Å². The van der Waals surface area contributed by atoms with E-state index in [0.29, 0.717) is 39.1 Å². The van der Waals surface area contributed by atoms with Crippen molar-refractivity contribution in [3.8, 4) is 11.6 Å². The van der Waals surface area contributed by atoms with Gasteiger partial charge in [-0.2, -0.15) is 0 Å². The van der Waals surface area contributed by atoms with Gasteiger partial charge in [-0.15, -0.1) is 0 Å². The van der Waals surface area contributed by atoms with Gasteiger partial charge in [0.15, 0.2) is 5.88 Å². The summed E-state index contributed by atoms with van der Waals surface area (Å²) in [7, 11) is 1.61. The van der Waals surface area contributed by atoms with Gasteiger partial charge in [-0.25, -0.2) is 9.38 Å². The topological polar surface area (TPSA) is 89.9 Å². The molecule has 0 unspecified atom stereocenters. The molecular formula is C37H37FN4O3. The number of aromatic nitrogens is 1. The number of carbonyl (C=O) groups excluding carboxylic acids is 1. The number of hydrogen-bond acceptors (Lipinski definition) is 5. The highest BCUT2D eigenvalue weighted by Crippen LogP contribution is 2.33. The molecule has 3 N–H and O–H groups in total. The summed E-state index contributed by atoms with van der Waals surface area (Å²) in [6, 6.07) is 26.7. The predicted octanol–water partition coefficient (Wildman–Crippen LogP) is 7.67. The number of rotatable bonds is 9. The largest absolute Gasteiger partial charge is 0.497 e. The first-order valence-electron chi connectivity index (χ1n) is 15.3. The van der Waals surface area contributed by atoms with Gasteiger partial charge in [-0.1, -0.05) is 30.7 Å². The number of carbonyl (C=O) groups is 1. The molecule has 0 radical (unpaired) electrons. The van der Waals surface area contributed by atoms with E-state index in [2.05, 4.69) is 27.3 Å². The molecule has 1 saturated heterocycles. The molecule has 0 bridgehead atoms. The molecule has 2 heterocycles. The number of H-pyrrole nitrogens is 1. The Kier molecular flexibility index (Phi) is 8.93. The second-order valence-corrected chi connectivity index (χ2v) is 11.6. The lowest BCUT2D eigenvalue weighted by atomic mass is 9.99. The first-order valence-corrected chi connectivity index (χ1v) is 15.3. The smallest absolute Gasteiger partial charge is 0.251 e. The van der Waals surface area contributed by atoms with Gasteiger partial charge in [0.2, 0.25) is 0 Å². The van der Waals surface area contributed by atoms with Crippen LogP contribution in [0.5, 0.6) is 11.6 Å².